The number of rotatable bonds is 64. The quantitative estimate of drug-likeness (QED) is 0.0168. The van der Waals surface area contributed by atoms with Crippen LogP contribution < -0.4 is 53.2 Å². The highest BCUT2D eigenvalue weighted by atomic mass is 19.4. The van der Waals surface area contributed by atoms with Crippen molar-refractivity contribution in [2.45, 2.75) is 168 Å². The van der Waals surface area contributed by atoms with E-state index in [0.717, 1.165) is 36.8 Å². The summed E-state index contributed by atoms with van der Waals surface area (Å²) in [4.78, 5) is 67.1. The Morgan fingerprint density at radius 2 is 0.915 bits per heavy atom. The molecule has 0 radical (unpaired) electrons. The van der Waals surface area contributed by atoms with Gasteiger partial charge in [0.1, 0.15) is 65.3 Å². The summed E-state index contributed by atoms with van der Waals surface area (Å²) in [6.45, 7) is 5.65. The molecule has 3 aliphatic carbocycles. The van der Waals surface area contributed by atoms with Crippen LogP contribution in [0.25, 0.3) is 0 Å². The molecule has 1 aromatic carbocycles. The van der Waals surface area contributed by atoms with Crippen molar-refractivity contribution < 1.29 is 142 Å². The van der Waals surface area contributed by atoms with Gasteiger partial charge in [0.15, 0.2) is 12.6 Å². The van der Waals surface area contributed by atoms with E-state index < -0.39 is 108 Å². The summed E-state index contributed by atoms with van der Waals surface area (Å²) in [5.74, 6) is 1.98. The van der Waals surface area contributed by atoms with Crippen molar-refractivity contribution in [1.29, 1.82) is 0 Å². The van der Waals surface area contributed by atoms with Crippen molar-refractivity contribution in [2.24, 2.45) is 17.8 Å². The van der Waals surface area contributed by atoms with Gasteiger partial charge in [-0.1, -0.05) is 49.9 Å². The normalized spacial score (nSPS) is 24.5. The average molecular weight is 1850 g/mol. The zero-order chi connectivity index (χ0) is 91.1. The molecule has 4 aromatic rings. The first kappa shape index (κ1) is 102. The van der Waals surface area contributed by atoms with Gasteiger partial charge in [-0.15, -0.1) is 0 Å². The Bertz CT molecular complexity index is 3790. The van der Waals surface area contributed by atoms with Gasteiger partial charge in [-0.05, 0) is 73.1 Å². The van der Waals surface area contributed by atoms with Crippen LogP contribution in [0.5, 0.6) is 0 Å². The number of aromatic nitrogens is 7. The maximum atomic E-state index is 13.2. The molecule has 0 spiro atoms. The van der Waals surface area contributed by atoms with Crippen LogP contribution in [0.1, 0.15) is 99.4 Å². The second kappa shape index (κ2) is 53.4. The van der Waals surface area contributed by atoms with Crippen LogP contribution in [0.15, 0.2) is 48.8 Å². The molecule has 7 heterocycles. The van der Waals surface area contributed by atoms with Crippen molar-refractivity contribution in [1.82, 2.24) is 61.5 Å². The van der Waals surface area contributed by atoms with Crippen LogP contribution in [0.3, 0.4) is 0 Å². The van der Waals surface area contributed by atoms with E-state index >= 15 is 0 Å². The molecule has 11 rings (SSSR count). The monoisotopic (exact) mass is 1850 g/mol. The van der Waals surface area contributed by atoms with Gasteiger partial charge in [0.05, 0.1) is 184 Å². The lowest BCUT2D eigenvalue weighted by Gasteiger charge is -2.42. The number of anilines is 5. The maximum Gasteiger partial charge on any atom is 0.433 e. The van der Waals surface area contributed by atoms with Crippen molar-refractivity contribution in [3.05, 3.63) is 71.3 Å². The predicted octanol–water partition coefficient (Wildman–Crippen LogP) is 1.22. The lowest BCUT2D eigenvalue weighted by Crippen LogP contribution is -2.64. The number of carbonyl (C=O) groups excluding carboxylic acids is 3. The van der Waals surface area contributed by atoms with Crippen LogP contribution in [0.4, 0.5) is 56.1 Å². The van der Waals surface area contributed by atoms with Crippen LogP contribution in [-0.2, 0) is 109 Å². The molecule has 129 heavy (non-hydrogen) atoms. The highest BCUT2D eigenvalue weighted by molar-refractivity contribution is 5.78. The van der Waals surface area contributed by atoms with Crippen LogP contribution in [0.2, 0.25) is 0 Å². The molecule has 41 nitrogen and oxygen atoms in total. The molecule has 4 unspecified atom stereocenters. The molecule has 724 valence electrons. The number of hydrogen-bond donors (Lipinski definition) is 15. The van der Waals surface area contributed by atoms with Gasteiger partial charge in [-0.3, -0.25) is 19.7 Å². The standard InChI is InChI=1S/C82H125F6N17O24/c83-81(84,85)60-12-16-93-74(99-60)101-65-67(109)69(111)79(51-126-72(65)128-79)49-124-40-38-120-36-34-118-32-30-114-24-18-89-62(106)14-22-122-47-58(48-123-23-15-63(107)90-19-25-115-31-33-119-35-37-121-39-41-125-50-80-52-127-73(129-80)66(68(110)70(80)112)102-75-94-17-13-61(100-75)82(86,87)88)95-46-64(108)91-20-26-116-28-29-117-27-21-92-71(113)56-9-6-54(7-10-56)45-97-77-103-76(96-44-53-4-2-1-3-5-53)104-78(105-77)98-59-43-55-8-11-57(59)42-55/h6-7,9-10,12-13,16-17,53,55,57-59,65-73,92,95,109-113H,1-5,8,11,14-15,18-52H2,(H,89,106)(H,90,107)(H,91,108)(H,93,99,101)(H,94,100,102)(H3,96,97,98,103,104,105)/t55?,57?,59?,65-,66-,67-,68-,69-,70-,71?,72+,73+,79+,80+/m1/s1. The summed E-state index contributed by atoms with van der Waals surface area (Å²) in [6.07, 6.45) is -5.64. The zero-order valence-electron chi connectivity index (χ0n) is 72.2. The Kier molecular flexibility index (Phi) is 42.2. The summed E-state index contributed by atoms with van der Waals surface area (Å²) in [5.41, 5.74) is -3.56. The molecular formula is C82H125F6N17O24. The first-order valence-corrected chi connectivity index (χ1v) is 44.1. The van der Waals surface area contributed by atoms with Gasteiger partial charge in [-0.2, -0.15) is 41.3 Å². The number of nitrogens with zero attached hydrogens (tertiary/aromatic N) is 7. The number of ether oxygens (including phenoxy) is 16. The van der Waals surface area contributed by atoms with Gasteiger partial charge < -0.3 is 149 Å². The highest BCUT2D eigenvalue weighted by Crippen LogP contribution is 2.46. The fourth-order valence-corrected chi connectivity index (χ4v) is 15.7. The van der Waals surface area contributed by atoms with Gasteiger partial charge in [0, 0.05) is 70.5 Å². The first-order chi connectivity index (χ1) is 62.5. The van der Waals surface area contributed by atoms with Gasteiger partial charge in [0.25, 0.3) is 0 Å². The second-order valence-electron chi connectivity index (χ2n) is 32.3. The minimum Gasteiger partial charge on any atom is -0.388 e. The molecule has 14 atom stereocenters. The van der Waals surface area contributed by atoms with Crippen molar-refractivity contribution in [3.8, 4) is 0 Å². The number of aliphatic hydroxyl groups is 5. The maximum absolute atomic E-state index is 13.2. The van der Waals surface area contributed by atoms with Gasteiger partial charge >= 0.3 is 12.4 Å². The topological polar surface area (TPSA) is 511 Å². The minimum absolute atomic E-state index is 0.0233. The molecule has 7 fully saturated rings. The summed E-state index contributed by atoms with van der Waals surface area (Å²) in [5, 5.41) is 84.8. The number of fused-ring (bicyclic) bond motifs is 6. The zero-order valence-corrected chi connectivity index (χ0v) is 72.2. The molecule has 3 aromatic heterocycles. The number of alkyl halides is 6. The predicted molar refractivity (Wildman–Crippen MR) is 444 cm³/mol. The van der Waals surface area contributed by atoms with Gasteiger partial charge in [-0.25, -0.2) is 19.9 Å². The molecule has 6 bridgehead atoms. The largest absolute Gasteiger partial charge is 0.433 e. The summed E-state index contributed by atoms with van der Waals surface area (Å²) < 4.78 is 170. The average Bonchev–Trinajstić information content (AvgIpc) is 1.61. The number of hydrogen-bond acceptors (Lipinski definition) is 38. The molecule has 4 aliphatic heterocycles. The van der Waals surface area contributed by atoms with Gasteiger partial charge in [0.2, 0.25) is 47.5 Å². The Morgan fingerprint density at radius 3 is 1.38 bits per heavy atom. The minimum atomic E-state index is -4.72. The Morgan fingerprint density at radius 1 is 0.465 bits per heavy atom. The van der Waals surface area contributed by atoms with E-state index in [1.807, 2.05) is 24.3 Å². The summed E-state index contributed by atoms with van der Waals surface area (Å²) in [7, 11) is 0. The van der Waals surface area contributed by atoms with Crippen LogP contribution in [0, 0.1) is 17.8 Å². The number of carbonyl (C=O) groups is 3. The molecule has 3 amide bonds. The van der Waals surface area contributed by atoms with Crippen molar-refractivity contribution in [2.75, 3.05) is 238 Å². The summed E-state index contributed by atoms with van der Waals surface area (Å²) >= 11 is 0. The number of nitrogens with one attached hydrogen (secondary N) is 10. The van der Waals surface area contributed by atoms with E-state index in [9.17, 15) is 66.3 Å². The SMILES string of the molecule is O=C(CCOCC(COCCC(=O)NCCOCCOCCOCCOC[C@@]12CO[C@@H](O1)[C@H](Nc1nccc(C(F)(F)F)n1)[C@@H](O)[C@H]2O)NCC(=O)NCCOCCOCCNC(O)c1ccc(CNc2nc(NCC3CCCCC3)nc(NC3CC4CCC3C4)n2)cc1)NCCOCCOCCOCCOC[C@@]12CO[C@@H](O1)[C@H](Nc1nccc(C(F)(F)F)n1)[C@@H](O)[C@H]2O. The van der Waals surface area contributed by atoms with E-state index in [1.54, 1.807) is 0 Å². The van der Waals surface area contributed by atoms with Crippen LogP contribution >= 0.6 is 0 Å². The Hall–Kier alpha value is -7.54. The highest BCUT2D eigenvalue weighted by Gasteiger charge is 2.61. The number of halogens is 6. The molecular weight excluding hydrogens is 1720 g/mol. The molecule has 7 aliphatic rings. The first-order valence-electron chi connectivity index (χ1n) is 44.1. The van der Waals surface area contributed by atoms with E-state index in [1.165, 1.54) is 51.4 Å². The smallest absolute Gasteiger partial charge is 0.388 e. The Balaban J connectivity index is 0.502. The summed E-state index contributed by atoms with van der Waals surface area (Å²) in [6, 6.07) is 6.56. The molecule has 3 saturated carbocycles. The molecule has 15 N–H and O–H groups in total. The van der Waals surface area contributed by atoms with E-state index in [2.05, 4.69) is 73.1 Å². The van der Waals surface area contributed by atoms with Crippen molar-refractivity contribution in [3.63, 3.8) is 0 Å². The fourth-order valence-electron chi connectivity index (χ4n) is 15.7. The third-order valence-electron chi connectivity index (χ3n) is 22.6. The fraction of sp³-hybridized carbons (Fsp3) is 0.756. The lowest BCUT2D eigenvalue weighted by molar-refractivity contribution is -0.230. The van der Waals surface area contributed by atoms with Crippen molar-refractivity contribution >= 4 is 47.5 Å². The number of amides is 3. The van der Waals surface area contributed by atoms with E-state index in [4.69, 9.17) is 90.7 Å². The number of benzene rings is 1. The third kappa shape index (κ3) is 33.9. The third-order valence-corrected chi connectivity index (χ3v) is 22.6. The second-order valence-corrected chi connectivity index (χ2v) is 32.3. The van der Waals surface area contributed by atoms with Crippen LogP contribution in [-0.4, -0.2) is 362 Å². The van der Waals surface area contributed by atoms with E-state index in [-0.39, 0.29) is 222 Å². The number of aliphatic hydroxyl groups excluding tert-OH is 5. The molecule has 47 heteroatoms. The lowest BCUT2D eigenvalue weighted by atomic mass is 9.88. The molecule has 4 saturated heterocycles. The van der Waals surface area contributed by atoms with E-state index in [0.29, 0.717) is 73.1 Å². The Labute approximate surface area is 743 Å².